The van der Waals surface area contributed by atoms with Gasteiger partial charge in [0.25, 0.3) is 5.56 Å². The van der Waals surface area contributed by atoms with Crippen molar-refractivity contribution >= 4 is 60.7 Å². The Morgan fingerprint density at radius 2 is 1.89 bits per heavy atom. The predicted octanol–water partition coefficient (Wildman–Crippen LogP) is 0.458. The Kier molecular flexibility index (Phi) is 7.58. The number of aliphatic hydroxyl groups is 1. The number of rotatable bonds is 5. The van der Waals surface area contributed by atoms with Gasteiger partial charge in [0, 0.05) is 23.6 Å². The number of halogens is 2. The standard InChI is InChI=1S/C15H16I2N2O8/c1-6(21)25-11-10(5-20)27-14(12(11)26-7(2)22)19-4-8(9(17)3-16)13(23)18-15(19)24/h3-4,10-12,14,20H,5H2,1-2H3,(H,18,23,24)/b9-3+/t10-,11-,12-,14-/m1/s1. The van der Waals surface area contributed by atoms with E-state index in [4.69, 9.17) is 14.2 Å². The molecule has 0 radical (unpaired) electrons. The topological polar surface area (TPSA) is 137 Å². The van der Waals surface area contributed by atoms with Crippen LogP contribution in [0.1, 0.15) is 25.6 Å². The van der Waals surface area contributed by atoms with Gasteiger partial charge in [0.05, 0.1) is 12.2 Å². The molecule has 1 aliphatic heterocycles. The fourth-order valence-electron chi connectivity index (χ4n) is 2.63. The van der Waals surface area contributed by atoms with E-state index in [1.165, 1.54) is 6.20 Å². The van der Waals surface area contributed by atoms with E-state index in [2.05, 4.69) is 4.98 Å². The molecule has 1 aromatic rings. The molecule has 1 saturated heterocycles. The van der Waals surface area contributed by atoms with Crippen LogP contribution in [-0.4, -0.2) is 51.5 Å². The van der Waals surface area contributed by atoms with Crippen LogP contribution in [0.3, 0.4) is 0 Å². The second-order valence-electron chi connectivity index (χ2n) is 5.56. The Hall–Kier alpha value is -1.26. The minimum atomic E-state index is -1.21. The van der Waals surface area contributed by atoms with Gasteiger partial charge in [-0.3, -0.25) is 23.9 Å². The molecule has 0 amide bonds. The number of aromatic nitrogens is 2. The maximum absolute atomic E-state index is 12.3. The summed E-state index contributed by atoms with van der Waals surface area (Å²) in [6.07, 6.45) is -3.28. The van der Waals surface area contributed by atoms with E-state index in [9.17, 15) is 24.3 Å². The highest BCUT2D eigenvalue weighted by atomic mass is 127. The summed E-state index contributed by atoms with van der Waals surface area (Å²) in [5, 5.41) is 9.55. The fourth-order valence-corrected chi connectivity index (χ4v) is 3.35. The summed E-state index contributed by atoms with van der Waals surface area (Å²) in [7, 11) is 0. The lowest BCUT2D eigenvalue weighted by Gasteiger charge is -2.23. The van der Waals surface area contributed by atoms with Crippen molar-refractivity contribution < 1.29 is 28.9 Å². The average molecular weight is 606 g/mol. The van der Waals surface area contributed by atoms with Gasteiger partial charge >= 0.3 is 17.6 Å². The maximum Gasteiger partial charge on any atom is 0.330 e. The zero-order valence-corrected chi connectivity index (χ0v) is 18.5. The Balaban J connectivity index is 2.57. The van der Waals surface area contributed by atoms with E-state index < -0.39 is 54.3 Å². The fraction of sp³-hybridized carbons (Fsp3) is 0.467. The molecule has 1 fully saturated rings. The number of H-pyrrole nitrogens is 1. The smallest absolute Gasteiger partial charge is 0.330 e. The van der Waals surface area contributed by atoms with Gasteiger partial charge in [-0.1, -0.05) is 22.6 Å². The molecule has 2 rings (SSSR count). The minimum absolute atomic E-state index is 0.200. The highest BCUT2D eigenvalue weighted by molar-refractivity contribution is 14.1. The monoisotopic (exact) mass is 606 g/mol. The Morgan fingerprint density at radius 1 is 1.30 bits per heavy atom. The molecule has 12 heteroatoms. The van der Waals surface area contributed by atoms with Crippen LogP contribution in [0.5, 0.6) is 0 Å². The SMILES string of the molecule is CC(=O)O[C@@H]1[C@H](OC(C)=O)[C@@H](CO)O[C@H]1n1cc(/C(I)=C\I)c(=O)[nH]c1=O. The average Bonchev–Trinajstić information content (AvgIpc) is 2.90. The van der Waals surface area contributed by atoms with Gasteiger partial charge in [-0.05, 0) is 26.7 Å². The number of aliphatic hydroxyl groups excluding tert-OH is 1. The molecular formula is C15H16I2N2O8. The van der Waals surface area contributed by atoms with Crippen molar-refractivity contribution in [2.75, 3.05) is 6.61 Å². The van der Waals surface area contributed by atoms with Gasteiger partial charge in [0.1, 0.15) is 6.10 Å². The predicted molar refractivity (Wildman–Crippen MR) is 109 cm³/mol. The molecule has 0 spiro atoms. The van der Waals surface area contributed by atoms with E-state index in [1.807, 2.05) is 45.2 Å². The number of nitrogens with zero attached hydrogens (tertiary/aromatic N) is 1. The van der Waals surface area contributed by atoms with Crippen LogP contribution < -0.4 is 11.2 Å². The largest absolute Gasteiger partial charge is 0.456 e. The number of carbonyl (C=O) groups is 2. The van der Waals surface area contributed by atoms with Crippen LogP contribution in [0.2, 0.25) is 0 Å². The molecule has 2 heterocycles. The van der Waals surface area contributed by atoms with Crippen LogP contribution in [0.15, 0.2) is 19.9 Å². The second-order valence-corrected chi connectivity index (χ2v) is 7.35. The number of ether oxygens (including phenoxy) is 3. The molecular weight excluding hydrogens is 590 g/mol. The summed E-state index contributed by atoms with van der Waals surface area (Å²) in [5.41, 5.74) is -1.19. The number of nitrogens with one attached hydrogen (secondary N) is 1. The van der Waals surface area contributed by atoms with Crippen molar-refractivity contribution in [1.82, 2.24) is 9.55 Å². The third-order valence-corrected chi connectivity index (χ3v) is 6.37. The summed E-state index contributed by atoms with van der Waals surface area (Å²) in [6.45, 7) is 1.77. The zero-order chi connectivity index (χ0) is 20.3. The first-order valence-corrected chi connectivity index (χ1v) is 9.94. The second kappa shape index (κ2) is 9.29. The number of aromatic amines is 1. The lowest BCUT2D eigenvalue weighted by Crippen LogP contribution is -2.42. The molecule has 0 aromatic carbocycles. The highest BCUT2D eigenvalue weighted by Gasteiger charge is 2.50. The van der Waals surface area contributed by atoms with E-state index in [0.29, 0.717) is 3.58 Å². The molecule has 0 bridgehead atoms. The van der Waals surface area contributed by atoms with E-state index in [-0.39, 0.29) is 5.56 Å². The van der Waals surface area contributed by atoms with Crippen molar-refractivity contribution in [3.05, 3.63) is 36.7 Å². The van der Waals surface area contributed by atoms with Crippen LogP contribution in [0, 0.1) is 0 Å². The van der Waals surface area contributed by atoms with E-state index in [0.717, 1.165) is 18.4 Å². The first-order valence-electron chi connectivity index (χ1n) is 7.62. The van der Waals surface area contributed by atoms with Crippen molar-refractivity contribution in [2.24, 2.45) is 0 Å². The molecule has 1 aliphatic rings. The van der Waals surface area contributed by atoms with Gasteiger partial charge in [0.15, 0.2) is 18.4 Å². The van der Waals surface area contributed by atoms with Crippen molar-refractivity contribution in [3.8, 4) is 0 Å². The normalized spacial score (nSPS) is 25.3. The van der Waals surface area contributed by atoms with Crippen LogP contribution in [0.4, 0.5) is 0 Å². The molecule has 0 saturated carbocycles. The third kappa shape index (κ3) is 4.97. The summed E-state index contributed by atoms with van der Waals surface area (Å²) in [6, 6.07) is 0. The summed E-state index contributed by atoms with van der Waals surface area (Å²) in [5.74, 6) is -1.36. The lowest BCUT2D eigenvalue weighted by atomic mass is 10.1. The molecule has 0 unspecified atom stereocenters. The lowest BCUT2D eigenvalue weighted by molar-refractivity contribution is -0.165. The van der Waals surface area contributed by atoms with Crippen molar-refractivity contribution in [2.45, 2.75) is 38.4 Å². The van der Waals surface area contributed by atoms with Crippen LogP contribution >= 0.6 is 45.2 Å². The van der Waals surface area contributed by atoms with Crippen LogP contribution in [-0.2, 0) is 23.8 Å². The number of hydrogen-bond donors (Lipinski definition) is 2. The molecule has 4 atom stereocenters. The Bertz CT molecular complexity index is 877. The minimum Gasteiger partial charge on any atom is -0.456 e. The van der Waals surface area contributed by atoms with Crippen LogP contribution in [0.25, 0.3) is 3.58 Å². The molecule has 0 aliphatic carbocycles. The summed E-state index contributed by atoms with van der Waals surface area (Å²) in [4.78, 5) is 49.5. The molecule has 10 nitrogen and oxygen atoms in total. The third-order valence-electron chi connectivity index (χ3n) is 3.66. The number of hydrogen-bond acceptors (Lipinski definition) is 8. The first kappa shape index (κ1) is 22.0. The number of esters is 2. The first-order chi connectivity index (χ1) is 12.7. The Labute approximate surface area is 180 Å². The van der Waals surface area contributed by atoms with Gasteiger partial charge in [-0.2, -0.15) is 0 Å². The molecule has 2 N–H and O–H groups in total. The Morgan fingerprint density at radius 3 is 2.41 bits per heavy atom. The molecule has 148 valence electrons. The molecule has 1 aromatic heterocycles. The summed E-state index contributed by atoms with van der Waals surface area (Å²) >= 11 is 3.88. The van der Waals surface area contributed by atoms with E-state index >= 15 is 0 Å². The maximum atomic E-state index is 12.3. The zero-order valence-electron chi connectivity index (χ0n) is 14.2. The molecule has 27 heavy (non-hydrogen) atoms. The van der Waals surface area contributed by atoms with Gasteiger partial charge < -0.3 is 19.3 Å². The van der Waals surface area contributed by atoms with Gasteiger partial charge in [-0.15, -0.1) is 0 Å². The number of carbonyl (C=O) groups excluding carboxylic acids is 2. The quantitative estimate of drug-likeness (QED) is 0.365. The highest BCUT2D eigenvalue weighted by Crippen LogP contribution is 2.33. The van der Waals surface area contributed by atoms with E-state index in [1.54, 1.807) is 4.08 Å². The van der Waals surface area contributed by atoms with Gasteiger partial charge in [-0.25, -0.2) is 4.79 Å². The van der Waals surface area contributed by atoms with Gasteiger partial charge in [0.2, 0.25) is 0 Å². The van der Waals surface area contributed by atoms with Crippen molar-refractivity contribution in [3.63, 3.8) is 0 Å². The van der Waals surface area contributed by atoms with Crippen molar-refractivity contribution in [1.29, 1.82) is 0 Å². The summed E-state index contributed by atoms with van der Waals surface area (Å²) < 4.78 is 19.2.